The molecular formula is C12H19NO. The van der Waals surface area contributed by atoms with E-state index in [4.69, 9.17) is 0 Å². The Kier molecular flexibility index (Phi) is 3.22. The van der Waals surface area contributed by atoms with Gasteiger partial charge in [-0.2, -0.15) is 0 Å². The quantitative estimate of drug-likeness (QED) is 0.599. The topological polar surface area (TPSA) is 29.1 Å². The molecule has 2 heteroatoms. The van der Waals surface area contributed by atoms with Crippen LogP contribution < -0.4 is 5.32 Å². The first kappa shape index (κ1) is 9.75. The van der Waals surface area contributed by atoms with Crippen LogP contribution in [0.2, 0.25) is 0 Å². The fourth-order valence-corrected chi connectivity index (χ4v) is 2.40. The molecular weight excluding hydrogens is 174 g/mol. The second-order valence-corrected chi connectivity index (χ2v) is 4.32. The lowest BCUT2D eigenvalue weighted by atomic mass is 10.0. The first-order valence-corrected chi connectivity index (χ1v) is 5.87. The molecule has 1 aliphatic heterocycles. The molecule has 2 rings (SSSR count). The standard InChI is InChI=1S/C12H19NO/c14-12-8-5-6-10(12)11-7-3-1-2-4-9-13-11/h13H,1-9H2/b11-10-. The van der Waals surface area contributed by atoms with Crippen LogP contribution in [0.25, 0.3) is 0 Å². The minimum Gasteiger partial charge on any atom is -0.388 e. The Morgan fingerprint density at radius 2 is 1.71 bits per heavy atom. The zero-order chi connectivity index (χ0) is 9.80. The molecule has 14 heavy (non-hydrogen) atoms. The molecule has 0 aromatic rings. The Labute approximate surface area is 85.8 Å². The van der Waals surface area contributed by atoms with Gasteiger partial charge in [-0.3, -0.25) is 4.79 Å². The SMILES string of the molecule is O=C1CCC/C1=C1\CCCCCCN1. The Morgan fingerprint density at radius 1 is 0.857 bits per heavy atom. The summed E-state index contributed by atoms with van der Waals surface area (Å²) in [7, 11) is 0. The lowest BCUT2D eigenvalue weighted by Crippen LogP contribution is -2.19. The van der Waals surface area contributed by atoms with E-state index in [9.17, 15) is 4.79 Å². The Bertz CT molecular complexity index is 245. The van der Waals surface area contributed by atoms with Gasteiger partial charge in [0, 0.05) is 24.2 Å². The fourth-order valence-electron chi connectivity index (χ4n) is 2.40. The molecule has 1 saturated heterocycles. The van der Waals surface area contributed by atoms with E-state index in [1.54, 1.807) is 0 Å². The van der Waals surface area contributed by atoms with E-state index in [0.717, 1.165) is 37.8 Å². The van der Waals surface area contributed by atoms with Gasteiger partial charge >= 0.3 is 0 Å². The average Bonchev–Trinajstić information content (AvgIpc) is 2.51. The number of hydrogen-bond acceptors (Lipinski definition) is 2. The number of allylic oxidation sites excluding steroid dienone is 2. The van der Waals surface area contributed by atoms with E-state index < -0.39 is 0 Å². The van der Waals surface area contributed by atoms with E-state index >= 15 is 0 Å². The van der Waals surface area contributed by atoms with Gasteiger partial charge in [0.05, 0.1) is 0 Å². The van der Waals surface area contributed by atoms with Crippen LogP contribution in [0.1, 0.15) is 51.4 Å². The van der Waals surface area contributed by atoms with Crippen molar-refractivity contribution in [3.8, 4) is 0 Å². The van der Waals surface area contributed by atoms with Crippen LogP contribution in [-0.2, 0) is 4.79 Å². The number of rotatable bonds is 0. The van der Waals surface area contributed by atoms with E-state index in [1.807, 2.05) is 0 Å². The Balaban J connectivity index is 2.08. The summed E-state index contributed by atoms with van der Waals surface area (Å²) in [5, 5.41) is 3.45. The largest absolute Gasteiger partial charge is 0.388 e. The van der Waals surface area contributed by atoms with Gasteiger partial charge in [0.2, 0.25) is 0 Å². The lowest BCUT2D eigenvalue weighted by Gasteiger charge is -2.16. The second kappa shape index (κ2) is 4.63. The fraction of sp³-hybridized carbons (Fsp3) is 0.750. The molecule has 0 spiro atoms. The van der Waals surface area contributed by atoms with Crippen molar-refractivity contribution >= 4 is 5.78 Å². The maximum absolute atomic E-state index is 11.6. The third-order valence-electron chi connectivity index (χ3n) is 3.22. The van der Waals surface area contributed by atoms with E-state index in [0.29, 0.717) is 5.78 Å². The molecule has 2 aliphatic rings. The van der Waals surface area contributed by atoms with Crippen molar-refractivity contribution < 1.29 is 4.79 Å². The molecule has 0 bridgehead atoms. The van der Waals surface area contributed by atoms with Crippen LogP contribution in [0.3, 0.4) is 0 Å². The molecule has 0 unspecified atom stereocenters. The normalized spacial score (nSPS) is 29.6. The first-order chi connectivity index (χ1) is 6.88. The number of hydrogen-bond donors (Lipinski definition) is 1. The summed E-state index contributed by atoms with van der Waals surface area (Å²) >= 11 is 0. The third kappa shape index (κ3) is 2.17. The lowest BCUT2D eigenvalue weighted by molar-refractivity contribution is -0.114. The molecule has 2 nitrogen and oxygen atoms in total. The second-order valence-electron chi connectivity index (χ2n) is 4.32. The maximum Gasteiger partial charge on any atom is 0.160 e. The number of carbonyl (C=O) groups is 1. The van der Waals surface area contributed by atoms with Gasteiger partial charge < -0.3 is 5.32 Å². The van der Waals surface area contributed by atoms with Crippen molar-refractivity contribution in [2.24, 2.45) is 0 Å². The van der Waals surface area contributed by atoms with Gasteiger partial charge in [0.15, 0.2) is 5.78 Å². The summed E-state index contributed by atoms with van der Waals surface area (Å²) in [4.78, 5) is 11.6. The zero-order valence-electron chi connectivity index (χ0n) is 8.77. The zero-order valence-corrected chi connectivity index (χ0v) is 8.77. The highest BCUT2D eigenvalue weighted by Crippen LogP contribution is 2.26. The van der Waals surface area contributed by atoms with Crippen LogP contribution in [0.4, 0.5) is 0 Å². The molecule has 0 atom stereocenters. The molecule has 0 amide bonds. The first-order valence-electron chi connectivity index (χ1n) is 5.87. The molecule has 0 aromatic heterocycles. The molecule has 1 N–H and O–H groups in total. The Morgan fingerprint density at radius 3 is 2.50 bits per heavy atom. The highest BCUT2D eigenvalue weighted by Gasteiger charge is 2.21. The van der Waals surface area contributed by atoms with Crippen molar-refractivity contribution in [2.45, 2.75) is 51.4 Å². The van der Waals surface area contributed by atoms with Gasteiger partial charge in [-0.15, -0.1) is 0 Å². The number of nitrogens with one attached hydrogen (secondary N) is 1. The summed E-state index contributed by atoms with van der Waals surface area (Å²) in [6, 6.07) is 0. The molecule has 0 radical (unpaired) electrons. The Hall–Kier alpha value is -0.790. The summed E-state index contributed by atoms with van der Waals surface area (Å²) in [5.41, 5.74) is 2.39. The van der Waals surface area contributed by atoms with Gasteiger partial charge in [-0.05, 0) is 32.1 Å². The molecule has 2 fully saturated rings. The van der Waals surface area contributed by atoms with Crippen LogP contribution in [0.5, 0.6) is 0 Å². The predicted octanol–water partition coefficient (Wildman–Crippen LogP) is 2.55. The number of Topliss-reactive ketones (excluding diaryl/α,β-unsaturated/α-hetero) is 1. The monoisotopic (exact) mass is 193 g/mol. The van der Waals surface area contributed by atoms with Crippen molar-refractivity contribution in [2.75, 3.05) is 6.54 Å². The van der Waals surface area contributed by atoms with Crippen molar-refractivity contribution in [3.63, 3.8) is 0 Å². The van der Waals surface area contributed by atoms with Gasteiger partial charge in [0.25, 0.3) is 0 Å². The smallest absolute Gasteiger partial charge is 0.160 e. The average molecular weight is 193 g/mol. The highest BCUT2D eigenvalue weighted by molar-refractivity contribution is 5.97. The molecule has 1 saturated carbocycles. The third-order valence-corrected chi connectivity index (χ3v) is 3.22. The summed E-state index contributed by atoms with van der Waals surface area (Å²) in [6.07, 6.45) is 9.13. The molecule has 1 heterocycles. The minimum atomic E-state index is 0.396. The number of ketones is 1. The van der Waals surface area contributed by atoms with E-state index in [2.05, 4.69) is 5.32 Å². The summed E-state index contributed by atoms with van der Waals surface area (Å²) in [5.74, 6) is 0.396. The predicted molar refractivity (Wildman–Crippen MR) is 57.0 cm³/mol. The van der Waals surface area contributed by atoms with Crippen LogP contribution in [-0.4, -0.2) is 12.3 Å². The molecule has 0 aromatic carbocycles. The number of carbonyl (C=O) groups excluding carboxylic acids is 1. The molecule has 1 aliphatic carbocycles. The van der Waals surface area contributed by atoms with Gasteiger partial charge in [-0.25, -0.2) is 0 Å². The minimum absolute atomic E-state index is 0.396. The van der Waals surface area contributed by atoms with Crippen LogP contribution >= 0.6 is 0 Å². The van der Waals surface area contributed by atoms with Crippen molar-refractivity contribution in [3.05, 3.63) is 11.3 Å². The van der Waals surface area contributed by atoms with Crippen molar-refractivity contribution in [1.29, 1.82) is 0 Å². The van der Waals surface area contributed by atoms with Gasteiger partial charge in [0.1, 0.15) is 0 Å². The van der Waals surface area contributed by atoms with Gasteiger partial charge in [-0.1, -0.05) is 12.8 Å². The van der Waals surface area contributed by atoms with Crippen LogP contribution in [0, 0.1) is 0 Å². The molecule has 78 valence electrons. The van der Waals surface area contributed by atoms with E-state index in [-0.39, 0.29) is 0 Å². The maximum atomic E-state index is 11.6. The highest BCUT2D eigenvalue weighted by atomic mass is 16.1. The van der Waals surface area contributed by atoms with Crippen molar-refractivity contribution in [1.82, 2.24) is 5.32 Å². The summed E-state index contributed by atoms with van der Waals surface area (Å²) < 4.78 is 0. The van der Waals surface area contributed by atoms with Crippen LogP contribution in [0.15, 0.2) is 11.3 Å². The summed E-state index contributed by atoms with van der Waals surface area (Å²) in [6.45, 7) is 1.06. The van der Waals surface area contributed by atoms with E-state index in [1.165, 1.54) is 31.4 Å².